The van der Waals surface area contributed by atoms with Gasteiger partial charge < -0.3 is 41.0 Å². The molecule has 0 aliphatic rings. The molecule has 0 saturated carbocycles. The maximum absolute atomic E-state index is 11.5. The maximum atomic E-state index is 11.5. The van der Waals surface area contributed by atoms with Gasteiger partial charge in [-0.1, -0.05) is 47.9 Å². The zero-order chi connectivity index (χ0) is 14.9. The zero-order valence-electron chi connectivity index (χ0n) is 11.5. The molecule has 0 heterocycles. The van der Waals surface area contributed by atoms with Crippen LogP contribution < -0.4 is 20.4 Å². The van der Waals surface area contributed by atoms with Crippen LogP contribution in [0.25, 0.3) is 11.1 Å². The summed E-state index contributed by atoms with van der Waals surface area (Å²) in [7, 11) is 0. The maximum Gasteiger partial charge on any atom is 2.00 e. The van der Waals surface area contributed by atoms with Gasteiger partial charge in [0.2, 0.25) is 0 Å². The Labute approximate surface area is 156 Å². The molecule has 0 amide bonds. The van der Waals surface area contributed by atoms with Crippen LogP contribution in [-0.2, 0) is 33.0 Å². The van der Waals surface area contributed by atoms with Gasteiger partial charge in [0.15, 0.2) is 0 Å². The van der Waals surface area contributed by atoms with Crippen LogP contribution >= 0.6 is 0 Å². The van der Waals surface area contributed by atoms with Crippen molar-refractivity contribution in [3.63, 3.8) is 0 Å². The van der Waals surface area contributed by atoms with Crippen LogP contribution in [0.4, 0.5) is 0 Å². The molecule has 0 unspecified atom stereocenters. The third-order valence-corrected chi connectivity index (χ3v) is 2.74. The van der Waals surface area contributed by atoms with E-state index in [4.69, 9.17) is 0 Å². The van der Waals surface area contributed by atoms with Gasteiger partial charge in [0.05, 0.1) is 11.9 Å². The number of carboxylic acid groups (broad SMARTS) is 2. The minimum atomic E-state index is -1.58. The van der Waals surface area contributed by atoms with Gasteiger partial charge in [0.25, 0.3) is 0 Å². The Bertz CT molecular complexity index is 656. The van der Waals surface area contributed by atoms with Gasteiger partial charge in [-0.3, -0.25) is 0 Å². The average molecular weight is 424 g/mol. The molecule has 0 aliphatic heterocycles. The first-order chi connectivity index (χ1) is 9.40. The SMILES string of the molecule is O.O.O=C([O-])c1ccc(-c2ccc(C(=O)[O-])c([O-])c2)cc1[O-].[Ni+2].[Ni+2]. The van der Waals surface area contributed by atoms with E-state index in [-0.39, 0.29) is 43.9 Å². The molecule has 0 radical (unpaired) electrons. The third kappa shape index (κ3) is 5.51. The molecule has 0 spiro atoms. The van der Waals surface area contributed by atoms with Gasteiger partial charge in [-0.05, 0) is 22.3 Å². The Morgan fingerprint density at radius 2 is 0.958 bits per heavy atom. The van der Waals surface area contributed by atoms with E-state index >= 15 is 0 Å². The largest absolute Gasteiger partial charge is 2.00 e. The van der Waals surface area contributed by atoms with E-state index in [0.29, 0.717) is 11.1 Å². The van der Waals surface area contributed by atoms with Crippen LogP contribution in [0.15, 0.2) is 36.4 Å². The Hall–Kier alpha value is -2.11. The number of rotatable bonds is 3. The molecule has 134 valence electrons. The fourth-order valence-corrected chi connectivity index (χ4v) is 1.74. The number of carbonyl (C=O) groups is 2. The average Bonchev–Trinajstić information content (AvgIpc) is 2.37. The van der Waals surface area contributed by atoms with Crippen molar-refractivity contribution in [3.05, 3.63) is 47.5 Å². The number of benzene rings is 2. The molecule has 0 atom stereocenters. The zero-order valence-corrected chi connectivity index (χ0v) is 13.5. The summed E-state index contributed by atoms with van der Waals surface area (Å²) >= 11 is 0. The Morgan fingerprint density at radius 1 is 0.667 bits per heavy atom. The molecule has 24 heavy (non-hydrogen) atoms. The summed E-state index contributed by atoms with van der Waals surface area (Å²) in [5, 5.41) is 44.2. The standard InChI is InChI=1S/C14H10O6.2Ni.2H2O/c15-11-5-7(1-3-9(11)13(17)18)8-2-4-10(14(19)20)12(16)6-8;;;;/h1-6,15-16H,(H,17,18)(H,19,20);;;2*1H2/q;2*+2;;/p-4. The molecule has 2 rings (SSSR count). The summed E-state index contributed by atoms with van der Waals surface area (Å²) in [5.74, 6) is -4.67. The molecule has 8 nitrogen and oxygen atoms in total. The van der Waals surface area contributed by atoms with Gasteiger partial charge in [-0.15, -0.1) is 0 Å². The van der Waals surface area contributed by atoms with E-state index in [1.54, 1.807) is 0 Å². The van der Waals surface area contributed by atoms with Crippen molar-refractivity contribution < 1.29 is 74.0 Å². The summed E-state index contributed by atoms with van der Waals surface area (Å²) in [4.78, 5) is 21.2. The second-order valence-corrected chi connectivity index (χ2v) is 4.00. The van der Waals surface area contributed by atoms with Crippen molar-refractivity contribution in [2.45, 2.75) is 0 Å². The third-order valence-electron chi connectivity index (χ3n) is 2.74. The molecule has 2 aromatic rings. The molecule has 0 saturated heterocycles. The smallest absolute Gasteiger partial charge is 0.872 e. The minimum absolute atomic E-state index is 0. The van der Waals surface area contributed by atoms with Crippen LogP contribution in [0, 0.1) is 0 Å². The van der Waals surface area contributed by atoms with Gasteiger partial charge in [-0.2, -0.15) is 0 Å². The van der Waals surface area contributed by atoms with Gasteiger partial charge in [0, 0.05) is 0 Å². The van der Waals surface area contributed by atoms with Crippen LogP contribution in [-0.4, -0.2) is 22.9 Å². The molecule has 4 N–H and O–H groups in total. The Morgan fingerprint density at radius 3 is 1.17 bits per heavy atom. The van der Waals surface area contributed by atoms with Crippen molar-refractivity contribution in [3.8, 4) is 22.6 Å². The number of hydrogen-bond donors (Lipinski definition) is 0. The Balaban J connectivity index is -0.00000110. The quantitative estimate of drug-likeness (QED) is 0.461. The first kappa shape index (κ1) is 26.8. The van der Waals surface area contributed by atoms with Crippen LogP contribution in [0.3, 0.4) is 0 Å². The van der Waals surface area contributed by atoms with Crippen molar-refractivity contribution in [2.75, 3.05) is 0 Å². The normalized spacial score (nSPS) is 8.50. The molecule has 2 aromatic carbocycles. The summed E-state index contributed by atoms with van der Waals surface area (Å²) in [5.41, 5.74) is -0.353. The molecule has 10 heteroatoms. The fraction of sp³-hybridized carbons (Fsp3) is 0. The summed E-state index contributed by atoms with van der Waals surface area (Å²) in [6.07, 6.45) is 0. The topological polar surface area (TPSA) is 189 Å². The van der Waals surface area contributed by atoms with Crippen molar-refractivity contribution >= 4 is 11.9 Å². The molecular formula is C14H10Ni2O8. The second-order valence-electron chi connectivity index (χ2n) is 4.00. The monoisotopic (exact) mass is 422 g/mol. The first-order valence-electron chi connectivity index (χ1n) is 5.45. The first-order valence-corrected chi connectivity index (χ1v) is 5.45. The number of hydrogen-bond acceptors (Lipinski definition) is 6. The van der Waals surface area contributed by atoms with Crippen LogP contribution in [0.5, 0.6) is 11.5 Å². The molecule has 0 fully saturated rings. The second kappa shape index (κ2) is 10.6. The van der Waals surface area contributed by atoms with E-state index in [1.807, 2.05) is 0 Å². The molecule has 0 bridgehead atoms. The van der Waals surface area contributed by atoms with Crippen molar-refractivity contribution in [1.29, 1.82) is 0 Å². The van der Waals surface area contributed by atoms with Crippen LogP contribution in [0.2, 0.25) is 0 Å². The van der Waals surface area contributed by atoms with E-state index in [9.17, 15) is 30.0 Å². The summed E-state index contributed by atoms with van der Waals surface area (Å²) in [6.45, 7) is 0. The number of aromatic carboxylic acids is 2. The predicted octanol–water partition coefficient (Wildman–Crippen LogP) is -3.43. The fourth-order valence-electron chi connectivity index (χ4n) is 1.74. The predicted molar refractivity (Wildman–Crippen MR) is 66.7 cm³/mol. The molecule has 0 aromatic heterocycles. The minimum Gasteiger partial charge on any atom is -0.872 e. The van der Waals surface area contributed by atoms with E-state index in [1.165, 1.54) is 12.1 Å². The van der Waals surface area contributed by atoms with Gasteiger partial charge in [0.1, 0.15) is 0 Å². The van der Waals surface area contributed by atoms with E-state index in [0.717, 1.165) is 24.3 Å². The van der Waals surface area contributed by atoms with Crippen molar-refractivity contribution in [2.24, 2.45) is 0 Å². The van der Waals surface area contributed by atoms with E-state index < -0.39 is 34.6 Å². The van der Waals surface area contributed by atoms with Crippen molar-refractivity contribution in [1.82, 2.24) is 0 Å². The molecular weight excluding hydrogens is 414 g/mol. The number of carboxylic acids is 2. The Kier molecular flexibility index (Phi) is 11.8. The summed E-state index contributed by atoms with van der Waals surface area (Å²) < 4.78 is 0. The molecule has 0 aliphatic carbocycles. The van der Waals surface area contributed by atoms with Gasteiger partial charge >= 0.3 is 33.0 Å². The van der Waals surface area contributed by atoms with Gasteiger partial charge in [-0.25, -0.2) is 0 Å². The van der Waals surface area contributed by atoms with Crippen LogP contribution in [0.1, 0.15) is 20.7 Å². The number of carbonyl (C=O) groups excluding carboxylic acids is 2. The van der Waals surface area contributed by atoms with E-state index in [2.05, 4.69) is 0 Å². The summed E-state index contributed by atoms with van der Waals surface area (Å²) in [6, 6.07) is 6.89.